The Morgan fingerprint density at radius 1 is 1.32 bits per heavy atom. The largest absolute Gasteiger partial charge is 0.353 e. The summed E-state index contributed by atoms with van der Waals surface area (Å²) in [5.41, 5.74) is 0.907. The first kappa shape index (κ1) is 19.7. The summed E-state index contributed by atoms with van der Waals surface area (Å²) in [6.45, 7) is 3.36. The molecule has 148 valence electrons. The highest BCUT2D eigenvalue weighted by molar-refractivity contribution is 5.95. The van der Waals surface area contributed by atoms with Crippen LogP contribution in [0.2, 0.25) is 0 Å². The average Bonchev–Trinajstić information content (AvgIpc) is 2.68. The summed E-state index contributed by atoms with van der Waals surface area (Å²) in [6.07, 6.45) is 3.15. The fourth-order valence-corrected chi connectivity index (χ4v) is 3.40. The standard InChI is InChI=1S/C19H24N6O3/c1-13(26)14-5-4-6-15(11-14)22-18-17(25(27)28)19(21-12-20-18)24(3)16-7-9-23(2)10-8-16/h4-6,11-12,16H,7-10H2,1-3H3,(H,20,21,22). The Labute approximate surface area is 163 Å². The van der Waals surface area contributed by atoms with Crippen molar-refractivity contribution in [1.82, 2.24) is 14.9 Å². The van der Waals surface area contributed by atoms with Gasteiger partial charge in [-0.1, -0.05) is 12.1 Å². The number of rotatable bonds is 6. The van der Waals surface area contributed by atoms with Crippen molar-refractivity contribution in [3.05, 3.63) is 46.3 Å². The van der Waals surface area contributed by atoms with Crippen molar-refractivity contribution in [3.63, 3.8) is 0 Å². The highest BCUT2D eigenvalue weighted by Crippen LogP contribution is 2.35. The molecule has 28 heavy (non-hydrogen) atoms. The number of aromatic nitrogens is 2. The van der Waals surface area contributed by atoms with Crippen LogP contribution in [0.15, 0.2) is 30.6 Å². The molecule has 0 unspecified atom stereocenters. The van der Waals surface area contributed by atoms with E-state index in [1.54, 1.807) is 24.3 Å². The lowest BCUT2D eigenvalue weighted by Gasteiger charge is -2.35. The number of hydrogen-bond acceptors (Lipinski definition) is 8. The topological polar surface area (TPSA) is 104 Å². The van der Waals surface area contributed by atoms with Crippen molar-refractivity contribution in [3.8, 4) is 0 Å². The Balaban J connectivity index is 1.92. The summed E-state index contributed by atoms with van der Waals surface area (Å²) >= 11 is 0. The molecule has 1 aliphatic rings. The van der Waals surface area contributed by atoms with Gasteiger partial charge in [0.2, 0.25) is 11.6 Å². The number of Topliss-reactive ketones (excluding diaryl/α,β-unsaturated/α-hetero) is 1. The maximum atomic E-state index is 11.8. The summed E-state index contributed by atoms with van der Waals surface area (Å²) in [5, 5.41) is 14.8. The predicted octanol–water partition coefficient (Wildman–Crippen LogP) is 2.86. The van der Waals surface area contributed by atoms with Gasteiger partial charge in [0.05, 0.1) is 4.92 Å². The number of piperidine rings is 1. The molecule has 9 heteroatoms. The Morgan fingerprint density at radius 3 is 2.68 bits per heavy atom. The van der Waals surface area contributed by atoms with E-state index in [1.807, 2.05) is 11.9 Å². The van der Waals surface area contributed by atoms with Gasteiger partial charge >= 0.3 is 5.69 Å². The Kier molecular flexibility index (Phi) is 5.84. The first-order valence-electron chi connectivity index (χ1n) is 9.15. The average molecular weight is 384 g/mol. The van der Waals surface area contributed by atoms with Gasteiger partial charge in [-0.2, -0.15) is 0 Å². The van der Waals surface area contributed by atoms with Crippen molar-refractivity contribution in [2.45, 2.75) is 25.8 Å². The van der Waals surface area contributed by atoms with Gasteiger partial charge in [0.1, 0.15) is 6.33 Å². The molecule has 0 atom stereocenters. The van der Waals surface area contributed by atoms with Crippen LogP contribution in [0.5, 0.6) is 0 Å². The Hall–Kier alpha value is -3.07. The van der Waals surface area contributed by atoms with Crippen LogP contribution in [-0.2, 0) is 0 Å². The zero-order chi connectivity index (χ0) is 20.3. The first-order valence-corrected chi connectivity index (χ1v) is 9.15. The van der Waals surface area contributed by atoms with E-state index in [0.717, 1.165) is 25.9 Å². The zero-order valence-electron chi connectivity index (χ0n) is 16.3. The van der Waals surface area contributed by atoms with E-state index in [9.17, 15) is 14.9 Å². The van der Waals surface area contributed by atoms with Gasteiger partial charge in [-0.25, -0.2) is 9.97 Å². The van der Waals surface area contributed by atoms with E-state index in [2.05, 4.69) is 27.2 Å². The van der Waals surface area contributed by atoms with Crippen LogP contribution in [0.3, 0.4) is 0 Å². The van der Waals surface area contributed by atoms with Crippen molar-refractivity contribution in [2.75, 3.05) is 37.4 Å². The van der Waals surface area contributed by atoms with Gasteiger partial charge in [-0.15, -0.1) is 0 Å². The van der Waals surface area contributed by atoms with Crippen LogP contribution in [0.4, 0.5) is 23.0 Å². The number of nitrogens with one attached hydrogen (secondary N) is 1. The number of ketones is 1. The maximum absolute atomic E-state index is 11.8. The maximum Gasteiger partial charge on any atom is 0.353 e. The SMILES string of the molecule is CC(=O)c1cccc(Nc2ncnc(N(C)C3CCN(C)CC3)c2[N+](=O)[O-])c1. The van der Waals surface area contributed by atoms with Crippen molar-refractivity contribution >= 4 is 28.8 Å². The first-order chi connectivity index (χ1) is 13.4. The normalized spacial score (nSPS) is 15.2. The molecular weight excluding hydrogens is 360 g/mol. The van der Waals surface area contributed by atoms with E-state index in [-0.39, 0.29) is 23.3 Å². The lowest BCUT2D eigenvalue weighted by atomic mass is 10.0. The van der Waals surface area contributed by atoms with Gasteiger partial charge in [0.15, 0.2) is 5.78 Å². The molecule has 2 aromatic rings. The zero-order valence-corrected chi connectivity index (χ0v) is 16.3. The number of carbonyl (C=O) groups excluding carboxylic acids is 1. The molecule has 2 heterocycles. The fourth-order valence-electron chi connectivity index (χ4n) is 3.40. The number of likely N-dealkylation sites (tertiary alicyclic amines) is 1. The molecule has 1 saturated heterocycles. The summed E-state index contributed by atoms with van der Waals surface area (Å²) in [4.78, 5) is 35.4. The molecule has 0 spiro atoms. The number of nitrogens with zero attached hydrogens (tertiary/aromatic N) is 5. The van der Waals surface area contributed by atoms with Gasteiger partial charge in [-0.3, -0.25) is 14.9 Å². The number of hydrogen-bond donors (Lipinski definition) is 1. The molecule has 0 radical (unpaired) electrons. The van der Waals surface area contributed by atoms with E-state index >= 15 is 0 Å². The molecule has 0 saturated carbocycles. The summed E-state index contributed by atoms with van der Waals surface area (Å²) < 4.78 is 0. The summed E-state index contributed by atoms with van der Waals surface area (Å²) in [6, 6.07) is 6.98. The molecule has 1 fully saturated rings. The smallest absolute Gasteiger partial charge is 0.351 e. The van der Waals surface area contributed by atoms with Gasteiger partial charge in [0.25, 0.3) is 0 Å². The van der Waals surface area contributed by atoms with Gasteiger partial charge in [-0.05, 0) is 52.0 Å². The van der Waals surface area contributed by atoms with E-state index < -0.39 is 4.92 Å². The molecular formula is C19H24N6O3. The molecule has 0 bridgehead atoms. The number of anilines is 3. The second-order valence-corrected chi connectivity index (χ2v) is 7.06. The third-order valence-corrected chi connectivity index (χ3v) is 5.09. The highest BCUT2D eigenvalue weighted by atomic mass is 16.6. The van der Waals surface area contributed by atoms with Crippen molar-refractivity contribution in [2.24, 2.45) is 0 Å². The third kappa shape index (κ3) is 4.25. The predicted molar refractivity (Wildman–Crippen MR) is 107 cm³/mol. The van der Waals surface area contributed by atoms with E-state index in [4.69, 9.17) is 0 Å². The van der Waals surface area contributed by atoms with Crippen LogP contribution < -0.4 is 10.2 Å². The fraction of sp³-hybridized carbons (Fsp3) is 0.421. The Morgan fingerprint density at radius 2 is 2.04 bits per heavy atom. The van der Waals surface area contributed by atoms with Gasteiger partial charge in [0, 0.05) is 24.3 Å². The monoisotopic (exact) mass is 384 g/mol. The molecule has 1 N–H and O–H groups in total. The molecule has 3 rings (SSSR count). The molecule has 0 amide bonds. The van der Waals surface area contributed by atoms with Crippen LogP contribution in [0.25, 0.3) is 0 Å². The molecule has 0 aliphatic carbocycles. The highest BCUT2D eigenvalue weighted by Gasteiger charge is 2.30. The van der Waals surface area contributed by atoms with Crippen LogP contribution in [-0.4, -0.2) is 58.8 Å². The molecule has 1 aromatic carbocycles. The van der Waals surface area contributed by atoms with Crippen molar-refractivity contribution < 1.29 is 9.72 Å². The minimum absolute atomic E-state index is 0.0801. The second-order valence-electron chi connectivity index (χ2n) is 7.06. The number of benzene rings is 1. The van der Waals surface area contributed by atoms with Gasteiger partial charge < -0.3 is 15.1 Å². The van der Waals surface area contributed by atoms with E-state index in [1.165, 1.54) is 13.3 Å². The number of nitro groups is 1. The quantitative estimate of drug-likeness (QED) is 0.460. The van der Waals surface area contributed by atoms with Crippen LogP contribution in [0, 0.1) is 10.1 Å². The molecule has 1 aliphatic heterocycles. The second kappa shape index (κ2) is 8.30. The number of carbonyl (C=O) groups is 1. The lowest BCUT2D eigenvalue weighted by Crippen LogP contribution is -2.42. The van der Waals surface area contributed by atoms with Crippen LogP contribution >= 0.6 is 0 Å². The van der Waals surface area contributed by atoms with E-state index in [0.29, 0.717) is 17.1 Å². The summed E-state index contributed by atoms with van der Waals surface area (Å²) in [5.74, 6) is 0.318. The molecule has 1 aromatic heterocycles. The lowest BCUT2D eigenvalue weighted by molar-refractivity contribution is -0.383. The van der Waals surface area contributed by atoms with Crippen LogP contribution in [0.1, 0.15) is 30.1 Å². The summed E-state index contributed by atoms with van der Waals surface area (Å²) in [7, 11) is 3.91. The Bertz CT molecular complexity index is 880. The van der Waals surface area contributed by atoms with Crippen molar-refractivity contribution in [1.29, 1.82) is 0 Å². The molecule has 9 nitrogen and oxygen atoms in total. The third-order valence-electron chi connectivity index (χ3n) is 5.09. The minimum atomic E-state index is -0.460. The minimum Gasteiger partial charge on any atom is -0.351 e.